The van der Waals surface area contributed by atoms with E-state index in [1.165, 1.54) is 5.56 Å². The summed E-state index contributed by atoms with van der Waals surface area (Å²) in [6.45, 7) is 1.42. The molecule has 2 heterocycles. The molecule has 0 saturated carbocycles. The Morgan fingerprint density at radius 1 is 1.31 bits per heavy atom. The van der Waals surface area contributed by atoms with Gasteiger partial charge in [0.25, 0.3) is 0 Å². The smallest absolute Gasteiger partial charge is 0.184 e. The summed E-state index contributed by atoms with van der Waals surface area (Å²) in [4.78, 5) is 13.7. The molecule has 2 aliphatic heterocycles. The topological polar surface area (TPSA) is 20.3 Å². The summed E-state index contributed by atoms with van der Waals surface area (Å²) in [5.74, 6) is 0.251. The maximum atomic E-state index is 11.5. The van der Waals surface area contributed by atoms with E-state index in [0.717, 1.165) is 17.8 Å². The molecule has 2 heteroatoms. The Labute approximate surface area is 76.5 Å². The minimum Gasteiger partial charge on any atom is -0.359 e. The van der Waals surface area contributed by atoms with Crippen LogP contribution in [0.3, 0.4) is 0 Å². The molecule has 0 unspecified atom stereocenters. The van der Waals surface area contributed by atoms with E-state index in [-0.39, 0.29) is 5.78 Å². The van der Waals surface area contributed by atoms with Gasteiger partial charge in [-0.3, -0.25) is 4.79 Å². The Bertz CT molecular complexity index is 420. The summed E-state index contributed by atoms with van der Waals surface area (Å²) in [6.07, 6.45) is 4.19. The first-order valence-electron chi connectivity index (χ1n) is 4.44. The van der Waals surface area contributed by atoms with Crippen molar-refractivity contribution in [1.29, 1.82) is 0 Å². The number of anilines is 1. The molecule has 0 radical (unpaired) electrons. The van der Waals surface area contributed by atoms with Crippen molar-refractivity contribution in [2.45, 2.75) is 0 Å². The second-order valence-electron chi connectivity index (χ2n) is 3.45. The van der Waals surface area contributed by atoms with E-state index < -0.39 is 0 Å². The lowest BCUT2D eigenvalue weighted by molar-refractivity contribution is 0.101. The number of hydrogen-bond donors (Lipinski definition) is 0. The van der Waals surface area contributed by atoms with Gasteiger partial charge in [0, 0.05) is 12.1 Å². The zero-order chi connectivity index (χ0) is 8.84. The van der Waals surface area contributed by atoms with Crippen LogP contribution >= 0.6 is 0 Å². The number of carbonyl (C=O) groups excluding carboxylic acids is 1. The van der Waals surface area contributed by atoms with E-state index in [1.54, 1.807) is 0 Å². The molecule has 1 aromatic carbocycles. The average molecular weight is 171 g/mol. The molecule has 0 N–H and O–H groups in total. The van der Waals surface area contributed by atoms with Gasteiger partial charge in [0.2, 0.25) is 0 Å². The molecule has 0 fully saturated rings. The van der Waals surface area contributed by atoms with Crippen LogP contribution in [0.25, 0.3) is 6.08 Å². The molecule has 1 aromatic rings. The maximum Gasteiger partial charge on any atom is 0.184 e. The van der Waals surface area contributed by atoms with E-state index in [4.69, 9.17) is 0 Å². The van der Waals surface area contributed by atoms with Crippen LogP contribution in [0, 0.1) is 0 Å². The first-order valence-corrected chi connectivity index (χ1v) is 4.44. The zero-order valence-electron chi connectivity index (χ0n) is 7.16. The molecular weight excluding hydrogens is 162 g/mol. The fourth-order valence-corrected chi connectivity index (χ4v) is 2.07. The van der Waals surface area contributed by atoms with Crippen LogP contribution in [0.2, 0.25) is 0 Å². The van der Waals surface area contributed by atoms with Gasteiger partial charge in [0.1, 0.15) is 0 Å². The van der Waals surface area contributed by atoms with Gasteiger partial charge in [-0.2, -0.15) is 0 Å². The number of ketones is 1. The third-order valence-electron chi connectivity index (χ3n) is 2.64. The largest absolute Gasteiger partial charge is 0.359 e. The molecule has 0 atom stereocenters. The van der Waals surface area contributed by atoms with Crippen molar-refractivity contribution in [3.8, 4) is 0 Å². The molecule has 0 bridgehead atoms. The molecule has 0 amide bonds. The van der Waals surface area contributed by atoms with E-state index in [0.29, 0.717) is 6.54 Å². The van der Waals surface area contributed by atoms with Crippen molar-refractivity contribution in [1.82, 2.24) is 0 Å². The number of Topliss-reactive ketones (excluding diaryl/α,β-unsaturated/α-hetero) is 1. The van der Waals surface area contributed by atoms with Crippen molar-refractivity contribution in [2.24, 2.45) is 0 Å². The minimum absolute atomic E-state index is 0.251. The van der Waals surface area contributed by atoms with E-state index >= 15 is 0 Å². The third-order valence-corrected chi connectivity index (χ3v) is 2.64. The van der Waals surface area contributed by atoms with Crippen LogP contribution in [0.5, 0.6) is 0 Å². The lowest BCUT2D eigenvalue weighted by Gasteiger charge is -2.21. The summed E-state index contributed by atoms with van der Waals surface area (Å²) >= 11 is 0. The van der Waals surface area contributed by atoms with Gasteiger partial charge in [-0.15, -0.1) is 0 Å². The second kappa shape index (κ2) is 2.22. The summed E-state index contributed by atoms with van der Waals surface area (Å²) in [5, 5.41) is 0. The highest BCUT2D eigenvalue weighted by atomic mass is 16.1. The predicted molar refractivity (Wildman–Crippen MR) is 52.0 cm³/mol. The number of carbonyl (C=O) groups is 1. The van der Waals surface area contributed by atoms with Crippen molar-refractivity contribution in [3.05, 3.63) is 35.4 Å². The van der Waals surface area contributed by atoms with Crippen LogP contribution in [0.4, 0.5) is 5.69 Å². The molecule has 13 heavy (non-hydrogen) atoms. The molecule has 0 spiro atoms. The van der Waals surface area contributed by atoms with Gasteiger partial charge in [-0.05, 0) is 11.6 Å². The van der Waals surface area contributed by atoms with Crippen LogP contribution in [-0.2, 0) is 0 Å². The molecule has 2 aliphatic rings. The van der Waals surface area contributed by atoms with Crippen LogP contribution in [0.15, 0.2) is 24.3 Å². The standard InChI is InChI=1S/C11H9NO/c13-10-7-12-6-2-4-8-3-1-5-9(10)11(8)12/h1-5H,6-7H2. The lowest BCUT2D eigenvalue weighted by atomic mass is 10.0. The molecular formula is C11H9NO. The summed E-state index contributed by atoms with van der Waals surface area (Å²) < 4.78 is 0. The normalized spacial score (nSPS) is 17.8. The quantitative estimate of drug-likeness (QED) is 0.592. The molecule has 0 aliphatic carbocycles. The number of para-hydroxylation sites is 1. The highest BCUT2D eigenvalue weighted by molar-refractivity contribution is 6.10. The van der Waals surface area contributed by atoms with Crippen molar-refractivity contribution >= 4 is 17.5 Å². The fourth-order valence-electron chi connectivity index (χ4n) is 2.07. The van der Waals surface area contributed by atoms with E-state index in [2.05, 4.69) is 23.1 Å². The van der Waals surface area contributed by atoms with Gasteiger partial charge in [0.05, 0.1) is 12.2 Å². The number of rotatable bonds is 0. The van der Waals surface area contributed by atoms with Gasteiger partial charge >= 0.3 is 0 Å². The average Bonchev–Trinajstić information content (AvgIpc) is 2.47. The highest BCUT2D eigenvalue weighted by Crippen LogP contribution is 2.34. The third kappa shape index (κ3) is 0.800. The molecule has 64 valence electrons. The van der Waals surface area contributed by atoms with Crippen LogP contribution < -0.4 is 4.90 Å². The van der Waals surface area contributed by atoms with Gasteiger partial charge < -0.3 is 4.90 Å². The Balaban J connectivity index is 2.34. The number of nitrogens with zero attached hydrogens (tertiary/aromatic N) is 1. The monoisotopic (exact) mass is 171 g/mol. The molecule has 2 nitrogen and oxygen atoms in total. The van der Waals surface area contributed by atoms with Gasteiger partial charge in [-0.25, -0.2) is 0 Å². The lowest BCUT2D eigenvalue weighted by Crippen LogP contribution is -2.24. The Morgan fingerprint density at radius 3 is 3.15 bits per heavy atom. The van der Waals surface area contributed by atoms with E-state index in [9.17, 15) is 4.79 Å². The van der Waals surface area contributed by atoms with Crippen LogP contribution in [0.1, 0.15) is 15.9 Å². The molecule has 0 saturated heterocycles. The van der Waals surface area contributed by atoms with Crippen molar-refractivity contribution < 1.29 is 4.79 Å². The minimum atomic E-state index is 0.251. The Hall–Kier alpha value is -1.57. The van der Waals surface area contributed by atoms with Crippen LogP contribution in [-0.4, -0.2) is 18.9 Å². The summed E-state index contributed by atoms with van der Waals surface area (Å²) in [6, 6.07) is 5.92. The van der Waals surface area contributed by atoms with Crippen molar-refractivity contribution in [2.75, 3.05) is 18.0 Å². The first-order chi connectivity index (χ1) is 6.36. The Kier molecular flexibility index (Phi) is 1.18. The number of hydrogen-bond acceptors (Lipinski definition) is 2. The second-order valence-corrected chi connectivity index (χ2v) is 3.45. The van der Waals surface area contributed by atoms with E-state index in [1.807, 2.05) is 12.1 Å². The number of benzene rings is 1. The maximum absolute atomic E-state index is 11.5. The predicted octanol–water partition coefficient (Wildman–Crippen LogP) is 1.72. The molecule has 3 rings (SSSR count). The molecule has 0 aromatic heterocycles. The Morgan fingerprint density at radius 2 is 2.23 bits per heavy atom. The van der Waals surface area contributed by atoms with Crippen molar-refractivity contribution in [3.63, 3.8) is 0 Å². The highest BCUT2D eigenvalue weighted by Gasteiger charge is 2.28. The van der Waals surface area contributed by atoms with Gasteiger partial charge in [-0.1, -0.05) is 24.3 Å². The summed E-state index contributed by atoms with van der Waals surface area (Å²) in [7, 11) is 0. The zero-order valence-corrected chi connectivity index (χ0v) is 7.16. The first kappa shape index (κ1) is 6.89. The SMILES string of the molecule is O=C1CN2CC=Cc3cccc1c32. The fraction of sp³-hybridized carbons (Fsp3) is 0.182. The van der Waals surface area contributed by atoms with Gasteiger partial charge in [0.15, 0.2) is 5.78 Å². The summed E-state index contributed by atoms with van der Waals surface area (Å²) in [5.41, 5.74) is 3.20.